The minimum atomic E-state index is -0.397. The van der Waals surface area contributed by atoms with Crippen molar-refractivity contribution in [2.45, 2.75) is 19.4 Å². The Kier molecular flexibility index (Phi) is 5.57. The lowest BCUT2D eigenvalue weighted by molar-refractivity contribution is 0.0934. The van der Waals surface area contributed by atoms with E-state index >= 15 is 0 Å². The molecule has 30 heavy (non-hydrogen) atoms. The Morgan fingerprint density at radius 3 is 2.53 bits per heavy atom. The molecule has 4 rings (SSSR count). The smallest absolute Gasteiger partial charge is 0.263 e. The number of nitrogens with zero attached hydrogens (tertiary/aromatic N) is 1. The lowest BCUT2D eigenvalue weighted by Gasteiger charge is -2.23. The van der Waals surface area contributed by atoms with Crippen LogP contribution in [0.5, 0.6) is 11.5 Å². The fourth-order valence-corrected chi connectivity index (χ4v) is 3.52. The van der Waals surface area contributed by atoms with Crippen LogP contribution in [0.1, 0.15) is 33.2 Å². The molecular weight excluding hydrogens is 380 g/mol. The van der Waals surface area contributed by atoms with Gasteiger partial charge in [-0.25, -0.2) is 0 Å². The van der Waals surface area contributed by atoms with Gasteiger partial charge in [-0.1, -0.05) is 36.4 Å². The van der Waals surface area contributed by atoms with E-state index < -0.39 is 5.91 Å². The molecule has 1 N–H and O–H groups in total. The van der Waals surface area contributed by atoms with Gasteiger partial charge in [0.2, 0.25) is 0 Å². The number of pyridine rings is 1. The summed E-state index contributed by atoms with van der Waals surface area (Å²) in [5.41, 5.74) is 2.57. The number of hydrogen-bond acceptors (Lipinski definition) is 4. The van der Waals surface area contributed by atoms with Gasteiger partial charge in [-0.05, 0) is 48.7 Å². The second kappa shape index (κ2) is 8.45. The number of carbonyl (C=O) groups excluding carboxylic acids is 1. The molecule has 2 aromatic carbocycles. The fraction of sp³-hybridized carbons (Fsp3) is 0.250. The highest BCUT2D eigenvalue weighted by Gasteiger charge is 2.21. The van der Waals surface area contributed by atoms with E-state index in [9.17, 15) is 9.59 Å². The zero-order chi connectivity index (χ0) is 21.1. The average Bonchev–Trinajstić information content (AvgIpc) is 2.77. The summed E-state index contributed by atoms with van der Waals surface area (Å²) in [4.78, 5) is 25.6. The number of amides is 1. The summed E-state index contributed by atoms with van der Waals surface area (Å²) in [7, 11) is 1.66. The number of aryl methyl sites for hydroxylation is 1. The number of rotatable bonds is 5. The van der Waals surface area contributed by atoms with E-state index in [4.69, 9.17) is 9.47 Å². The summed E-state index contributed by atoms with van der Waals surface area (Å²) >= 11 is 0. The van der Waals surface area contributed by atoms with E-state index in [0.29, 0.717) is 31.1 Å². The molecule has 1 aromatic heterocycles. The summed E-state index contributed by atoms with van der Waals surface area (Å²) in [6, 6.07) is 18.6. The van der Waals surface area contributed by atoms with Gasteiger partial charge in [-0.3, -0.25) is 9.59 Å². The second-order valence-electron chi connectivity index (χ2n) is 7.37. The van der Waals surface area contributed by atoms with E-state index in [0.717, 1.165) is 16.8 Å². The van der Waals surface area contributed by atoms with Crippen molar-refractivity contribution in [3.8, 4) is 11.5 Å². The lowest BCUT2D eigenvalue weighted by Crippen LogP contribution is -2.35. The van der Waals surface area contributed by atoms with E-state index in [-0.39, 0.29) is 17.2 Å². The van der Waals surface area contributed by atoms with Gasteiger partial charge in [-0.2, -0.15) is 0 Å². The van der Waals surface area contributed by atoms with Gasteiger partial charge in [0.1, 0.15) is 18.8 Å². The second-order valence-corrected chi connectivity index (χ2v) is 7.37. The van der Waals surface area contributed by atoms with Crippen molar-refractivity contribution in [1.82, 2.24) is 9.88 Å². The first-order valence-corrected chi connectivity index (χ1v) is 9.94. The molecule has 0 saturated heterocycles. The standard InChI is InChI=1S/C24H24N2O4/c1-16-8-10-19(24(28)26(16)2)23(27)25-20(14-17-6-4-3-5-7-17)18-9-11-21-22(15-18)30-13-12-29-21/h3-11,15,20H,12-14H2,1-2H3,(H,25,27)/t20-/m1/s1. The van der Waals surface area contributed by atoms with Gasteiger partial charge in [0.25, 0.3) is 11.5 Å². The van der Waals surface area contributed by atoms with Crippen molar-refractivity contribution in [2.24, 2.45) is 7.05 Å². The number of fused-ring (bicyclic) bond motifs is 1. The van der Waals surface area contributed by atoms with Crippen LogP contribution in [0.25, 0.3) is 0 Å². The number of carbonyl (C=O) groups is 1. The highest BCUT2D eigenvalue weighted by atomic mass is 16.6. The van der Waals surface area contributed by atoms with Crippen molar-refractivity contribution in [3.05, 3.63) is 93.4 Å². The lowest BCUT2D eigenvalue weighted by atomic mass is 9.98. The van der Waals surface area contributed by atoms with Crippen LogP contribution in [-0.4, -0.2) is 23.7 Å². The largest absolute Gasteiger partial charge is 0.486 e. The maximum absolute atomic E-state index is 13.0. The molecule has 154 valence electrons. The predicted molar refractivity (Wildman–Crippen MR) is 114 cm³/mol. The van der Waals surface area contributed by atoms with Crippen LogP contribution in [0.2, 0.25) is 0 Å². The Labute approximate surface area is 175 Å². The number of ether oxygens (including phenoxy) is 2. The summed E-state index contributed by atoms with van der Waals surface area (Å²) in [6.07, 6.45) is 0.582. The molecule has 3 aromatic rings. The molecule has 1 aliphatic heterocycles. The average molecular weight is 404 g/mol. The van der Waals surface area contributed by atoms with Crippen LogP contribution in [0.3, 0.4) is 0 Å². The Bertz CT molecular complexity index is 1120. The Morgan fingerprint density at radius 2 is 1.77 bits per heavy atom. The summed E-state index contributed by atoms with van der Waals surface area (Å²) in [6.45, 7) is 2.84. The molecule has 2 heterocycles. The van der Waals surface area contributed by atoms with Gasteiger partial charge in [0.05, 0.1) is 6.04 Å². The molecule has 0 bridgehead atoms. The van der Waals surface area contributed by atoms with Crippen LogP contribution in [-0.2, 0) is 13.5 Å². The molecule has 1 atom stereocenters. The monoisotopic (exact) mass is 404 g/mol. The van der Waals surface area contributed by atoms with Gasteiger partial charge in [0.15, 0.2) is 11.5 Å². The highest BCUT2D eigenvalue weighted by Crippen LogP contribution is 2.33. The number of aromatic nitrogens is 1. The third-order valence-electron chi connectivity index (χ3n) is 5.36. The number of nitrogens with one attached hydrogen (secondary N) is 1. The SMILES string of the molecule is Cc1ccc(C(=O)N[C@H](Cc2ccccc2)c2ccc3c(c2)OCCO3)c(=O)n1C. The summed E-state index contributed by atoms with van der Waals surface area (Å²) in [5, 5.41) is 3.04. The number of hydrogen-bond donors (Lipinski definition) is 1. The first-order chi connectivity index (χ1) is 14.5. The van der Waals surface area contributed by atoms with Crippen molar-refractivity contribution in [3.63, 3.8) is 0 Å². The van der Waals surface area contributed by atoms with Crippen molar-refractivity contribution < 1.29 is 14.3 Å². The van der Waals surface area contributed by atoms with E-state index in [1.807, 2.05) is 55.5 Å². The first kappa shape index (κ1) is 19.8. The molecule has 0 fully saturated rings. The van der Waals surface area contributed by atoms with E-state index in [1.54, 1.807) is 19.2 Å². The topological polar surface area (TPSA) is 69.6 Å². The van der Waals surface area contributed by atoms with Crippen molar-refractivity contribution in [1.29, 1.82) is 0 Å². The molecule has 0 unspecified atom stereocenters. The van der Waals surface area contributed by atoms with Gasteiger partial charge < -0.3 is 19.4 Å². The molecule has 6 heteroatoms. The van der Waals surface area contributed by atoms with Crippen molar-refractivity contribution >= 4 is 5.91 Å². The molecule has 0 aliphatic carbocycles. The third-order valence-corrected chi connectivity index (χ3v) is 5.36. The Balaban J connectivity index is 1.66. The minimum Gasteiger partial charge on any atom is -0.486 e. The third kappa shape index (κ3) is 4.08. The first-order valence-electron chi connectivity index (χ1n) is 9.94. The van der Waals surface area contributed by atoms with E-state index in [2.05, 4.69) is 5.32 Å². The van der Waals surface area contributed by atoms with Crippen LogP contribution in [0, 0.1) is 6.92 Å². The molecule has 0 radical (unpaired) electrons. The maximum Gasteiger partial charge on any atom is 0.263 e. The summed E-state index contributed by atoms with van der Waals surface area (Å²) in [5.74, 6) is 0.964. The molecule has 0 spiro atoms. The normalized spacial score (nSPS) is 13.5. The van der Waals surface area contributed by atoms with Crippen LogP contribution in [0.4, 0.5) is 0 Å². The van der Waals surface area contributed by atoms with Gasteiger partial charge in [-0.15, -0.1) is 0 Å². The van der Waals surface area contributed by atoms with Crippen LogP contribution in [0.15, 0.2) is 65.5 Å². The van der Waals surface area contributed by atoms with Gasteiger partial charge in [0, 0.05) is 12.7 Å². The fourth-order valence-electron chi connectivity index (χ4n) is 3.52. The molecule has 0 saturated carbocycles. The Morgan fingerprint density at radius 1 is 1.03 bits per heavy atom. The van der Waals surface area contributed by atoms with E-state index in [1.165, 1.54) is 4.57 Å². The summed E-state index contributed by atoms with van der Waals surface area (Å²) < 4.78 is 12.8. The predicted octanol–water partition coefficient (Wildman–Crippen LogP) is 3.18. The quantitative estimate of drug-likeness (QED) is 0.709. The molecule has 1 aliphatic rings. The molecule has 1 amide bonds. The Hall–Kier alpha value is -3.54. The highest BCUT2D eigenvalue weighted by molar-refractivity contribution is 5.94. The van der Waals surface area contributed by atoms with Crippen molar-refractivity contribution in [2.75, 3.05) is 13.2 Å². The minimum absolute atomic E-state index is 0.124. The number of benzene rings is 2. The molecule has 6 nitrogen and oxygen atoms in total. The van der Waals surface area contributed by atoms with Crippen LogP contribution >= 0.6 is 0 Å². The zero-order valence-corrected chi connectivity index (χ0v) is 17.1. The van der Waals surface area contributed by atoms with Gasteiger partial charge >= 0.3 is 0 Å². The zero-order valence-electron chi connectivity index (χ0n) is 17.1. The maximum atomic E-state index is 13.0. The molecular formula is C24H24N2O4. The van der Waals surface area contributed by atoms with Crippen LogP contribution < -0.4 is 20.3 Å².